The number of rotatable bonds is 1. The lowest BCUT2D eigenvalue weighted by atomic mass is 9.43. The normalized spacial score (nSPS) is 62.7. The molecule has 1 heterocycles. The molecule has 6 fully saturated rings. The summed E-state index contributed by atoms with van der Waals surface area (Å²) in [5, 5.41) is 22.8. The van der Waals surface area contributed by atoms with Crippen molar-refractivity contribution >= 4 is 5.78 Å². The Kier molecular flexibility index (Phi) is 2.80. The molecule has 5 saturated carbocycles. The Balaban J connectivity index is 1.62. The van der Waals surface area contributed by atoms with E-state index in [9.17, 15) is 15.0 Å². The van der Waals surface area contributed by atoms with Gasteiger partial charge >= 0.3 is 0 Å². The lowest BCUT2D eigenvalue weighted by molar-refractivity contribution is -0.211. The van der Waals surface area contributed by atoms with Crippen LogP contribution in [0.15, 0.2) is 12.2 Å². The molecule has 4 unspecified atom stereocenters. The molecule has 0 aromatic rings. The largest absolute Gasteiger partial charge is 0.392 e. The van der Waals surface area contributed by atoms with Gasteiger partial charge in [-0.3, -0.25) is 9.69 Å². The van der Waals surface area contributed by atoms with Crippen molar-refractivity contribution in [1.82, 2.24) is 4.90 Å². The number of fused-ring (bicyclic) bond motifs is 1. The van der Waals surface area contributed by atoms with Crippen molar-refractivity contribution < 1.29 is 15.0 Å². The van der Waals surface area contributed by atoms with Crippen molar-refractivity contribution in [3.63, 3.8) is 0 Å². The zero-order chi connectivity index (χ0) is 18.2. The van der Waals surface area contributed by atoms with Gasteiger partial charge in [0.15, 0.2) is 0 Å². The Morgan fingerprint density at radius 1 is 1.31 bits per heavy atom. The number of aliphatic hydroxyl groups is 2. The third-order valence-corrected chi connectivity index (χ3v) is 10.4. The van der Waals surface area contributed by atoms with E-state index in [1.807, 2.05) is 0 Å². The summed E-state index contributed by atoms with van der Waals surface area (Å²) in [6.07, 6.45) is 3.50. The first-order valence-electron chi connectivity index (χ1n) is 10.6. The minimum Gasteiger partial charge on any atom is -0.392 e. The van der Waals surface area contributed by atoms with E-state index in [0.29, 0.717) is 24.3 Å². The molecule has 142 valence electrons. The van der Waals surface area contributed by atoms with Crippen LogP contribution >= 0.6 is 0 Å². The lowest BCUT2D eigenvalue weighted by Gasteiger charge is -2.65. The summed E-state index contributed by atoms with van der Waals surface area (Å²) in [6, 6.07) is 0.331. The molecule has 5 aliphatic carbocycles. The topological polar surface area (TPSA) is 60.8 Å². The van der Waals surface area contributed by atoms with E-state index in [0.717, 1.165) is 44.3 Å². The van der Waals surface area contributed by atoms with Gasteiger partial charge < -0.3 is 10.2 Å². The maximum absolute atomic E-state index is 13.0. The van der Waals surface area contributed by atoms with Crippen LogP contribution in [0.5, 0.6) is 0 Å². The molecule has 7 bridgehead atoms. The molecule has 4 nitrogen and oxygen atoms in total. The summed E-state index contributed by atoms with van der Waals surface area (Å²) in [6.45, 7) is 10.9. The predicted molar refractivity (Wildman–Crippen MR) is 97.2 cm³/mol. The minimum absolute atomic E-state index is 0.130. The summed E-state index contributed by atoms with van der Waals surface area (Å²) in [4.78, 5) is 15.6. The number of nitrogens with zero attached hydrogens (tertiary/aromatic N) is 1. The van der Waals surface area contributed by atoms with Crippen molar-refractivity contribution in [3.8, 4) is 0 Å². The molecule has 1 aliphatic heterocycles. The van der Waals surface area contributed by atoms with Crippen LogP contribution in [0.1, 0.15) is 46.0 Å². The Morgan fingerprint density at radius 3 is 2.81 bits per heavy atom. The van der Waals surface area contributed by atoms with E-state index in [1.54, 1.807) is 0 Å². The SMILES string of the molecule is C=C1[C@@H]2C[C@]3(C(CC2=O)[C@@]24C(O)CC[C@@]5(C)CN(CC)C2[C@@H]3CC54)[C@@H]1O. The standard InChI is InChI=1S/C22H31NO3/c1-4-23-10-20(3)6-5-17(25)22-15(20)7-13(18(22)23)21-9-12(11(2)19(21)26)14(24)8-16(21)22/h12-13,15-19,25-26H,2,4-10H2,1,3H3/t12-,13-,15?,16?,17?,18?,19+,20-,21-,22-/m0/s1. The van der Waals surface area contributed by atoms with Gasteiger partial charge in [-0.2, -0.15) is 0 Å². The number of likely N-dealkylation sites (tertiary alicyclic amines) is 1. The van der Waals surface area contributed by atoms with Crippen LogP contribution in [0.4, 0.5) is 0 Å². The third kappa shape index (κ3) is 1.33. The molecular weight excluding hydrogens is 326 g/mol. The maximum Gasteiger partial charge on any atom is 0.140 e. The number of ketones is 1. The number of Topliss-reactive ketones (excluding diaryl/α,β-unsaturated/α-hetero) is 1. The van der Waals surface area contributed by atoms with E-state index in [1.165, 1.54) is 0 Å². The highest BCUT2D eigenvalue weighted by atomic mass is 16.3. The Morgan fingerprint density at radius 2 is 2.08 bits per heavy atom. The molecule has 0 radical (unpaired) electrons. The van der Waals surface area contributed by atoms with E-state index >= 15 is 0 Å². The van der Waals surface area contributed by atoms with Crippen LogP contribution in [0, 0.1) is 39.9 Å². The Labute approximate surface area is 155 Å². The summed E-state index contributed by atoms with van der Waals surface area (Å²) in [5.41, 5.74) is 0.598. The molecule has 26 heavy (non-hydrogen) atoms. The van der Waals surface area contributed by atoms with Gasteiger partial charge in [0.25, 0.3) is 0 Å². The van der Waals surface area contributed by atoms with Crippen molar-refractivity contribution in [3.05, 3.63) is 12.2 Å². The number of carbonyl (C=O) groups is 1. The van der Waals surface area contributed by atoms with Gasteiger partial charge in [-0.05, 0) is 61.0 Å². The fourth-order valence-electron chi connectivity index (χ4n) is 9.75. The Hall–Kier alpha value is -0.710. The summed E-state index contributed by atoms with van der Waals surface area (Å²) in [7, 11) is 0. The van der Waals surface area contributed by atoms with Crippen LogP contribution in [0.2, 0.25) is 0 Å². The van der Waals surface area contributed by atoms with Crippen LogP contribution in [0.25, 0.3) is 0 Å². The second-order valence-corrected chi connectivity index (χ2v) is 10.7. The fraction of sp³-hybridized carbons (Fsp3) is 0.864. The zero-order valence-corrected chi connectivity index (χ0v) is 15.9. The minimum atomic E-state index is -0.561. The number of aliphatic hydroxyl groups excluding tert-OH is 2. The monoisotopic (exact) mass is 357 g/mol. The number of hydrogen-bond donors (Lipinski definition) is 2. The molecule has 2 spiro atoms. The van der Waals surface area contributed by atoms with Gasteiger partial charge in [-0.25, -0.2) is 0 Å². The molecule has 6 rings (SSSR count). The first-order chi connectivity index (χ1) is 12.3. The fourth-order valence-corrected chi connectivity index (χ4v) is 9.75. The molecule has 6 aliphatic rings. The van der Waals surface area contributed by atoms with E-state index in [-0.39, 0.29) is 40.0 Å². The van der Waals surface area contributed by atoms with Crippen LogP contribution in [-0.4, -0.2) is 52.2 Å². The van der Waals surface area contributed by atoms with E-state index < -0.39 is 6.10 Å². The molecule has 0 aromatic heterocycles. The maximum atomic E-state index is 13.0. The van der Waals surface area contributed by atoms with E-state index in [2.05, 4.69) is 25.3 Å². The Bertz CT molecular complexity index is 735. The van der Waals surface area contributed by atoms with Crippen molar-refractivity contribution in [2.45, 2.75) is 64.2 Å². The quantitative estimate of drug-likeness (QED) is 0.705. The van der Waals surface area contributed by atoms with Gasteiger partial charge in [0.2, 0.25) is 0 Å². The first-order valence-corrected chi connectivity index (χ1v) is 10.6. The molecule has 4 heteroatoms. The van der Waals surface area contributed by atoms with Gasteiger partial charge in [0.1, 0.15) is 5.78 Å². The smallest absolute Gasteiger partial charge is 0.140 e. The van der Waals surface area contributed by atoms with Crippen molar-refractivity contribution in [2.24, 2.45) is 39.9 Å². The lowest BCUT2D eigenvalue weighted by Crippen LogP contribution is -2.68. The predicted octanol–water partition coefficient (Wildman–Crippen LogP) is 2.00. The van der Waals surface area contributed by atoms with Crippen LogP contribution < -0.4 is 0 Å². The average Bonchev–Trinajstić information content (AvgIpc) is 3.14. The molecule has 2 N–H and O–H groups in total. The molecule has 1 saturated heterocycles. The van der Waals surface area contributed by atoms with Gasteiger partial charge in [-0.1, -0.05) is 20.4 Å². The van der Waals surface area contributed by atoms with Crippen molar-refractivity contribution in [1.29, 1.82) is 0 Å². The highest BCUT2D eigenvalue weighted by molar-refractivity contribution is 5.87. The van der Waals surface area contributed by atoms with Crippen molar-refractivity contribution in [2.75, 3.05) is 13.1 Å². The third-order valence-electron chi connectivity index (χ3n) is 10.4. The second-order valence-electron chi connectivity index (χ2n) is 10.7. The van der Waals surface area contributed by atoms with Gasteiger partial charge in [-0.15, -0.1) is 0 Å². The first kappa shape index (κ1) is 16.3. The van der Waals surface area contributed by atoms with Crippen LogP contribution in [0.3, 0.4) is 0 Å². The van der Waals surface area contributed by atoms with Gasteiger partial charge in [0.05, 0.1) is 12.2 Å². The molecular formula is C22H31NO3. The zero-order valence-electron chi connectivity index (χ0n) is 15.9. The number of carbonyl (C=O) groups excluding carboxylic acids is 1. The molecule has 10 atom stereocenters. The summed E-state index contributed by atoms with van der Waals surface area (Å²) >= 11 is 0. The summed E-state index contributed by atoms with van der Waals surface area (Å²) < 4.78 is 0. The molecule has 0 amide bonds. The highest BCUT2D eigenvalue weighted by Gasteiger charge is 2.85. The van der Waals surface area contributed by atoms with E-state index in [4.69, 9.17) is 0 Å². The second kappa shape index (κ2) is 4.47. The highest BCUT2D eigenvalue weighted by Crippen LogP contribution is 2.83. The average molecular weight is 357 g/mol. The number of piperidine rings is 1. The number of hydrogen-bond acceptors (Lipinski definition) is 4. The van der Waals surface area contributed by atoms with Crippen LogP contribution in [-0.2, 0) is 4.79 Å². The van der Waals surface area contributed by atoms with Gasteiger partial charge in [0, 0.05) is 35.8 Å². The molecule has 0 aromatic carbocycles. The summed E-state index contributed by atoms with van der Waals surface area (Å²) in [5.74, 6) is 1.16.